The van der Waals surface area contributed by atoms with Gasteiger partial charge in [0.1, 0.15) is 10.8 Å². The molecular weight excluding hydrogens is 367 g/mol. The second-order valence-corrected chi connectivity index (χ2v) is 7.12. The minimum Gasteiger partial charge on any atom is -0.465 e. The van der Waals surface area contributed by atoms with E-state index in [2.05, 4.69) is 10.6 Å². The van der Waals surface area contributed by atoms with E-state index in [1.54, 1.807) is 0 Å². The lowest BCUT2D eigenvalue weighted by atomic mass is 10.1. The number of hydrogen-bond donors (Lipinski definition) is 2. The Morgan fingerprint density at radius 2 is 2.16 bits per heavy atom. The number of aryl methyl sites for hydroxylation is 1. The Labute approximate surface area is 153 Å². The minimum absolute atomic E-state index is 0.137. The summed E-state index contributed by atoms with van der Waals surface area (Å²) in [6.45, 7) is -0.137. The number of thiophene rings is 1. The van der Waals surface area contributed by atoms with Gasteiger partial charge >= 0.3 is 5.97 Å². The number of ether oxygens (including phenoxy) is 1. The third-order valence-corrected chi connectivity index (χ3v) is 5.38. The van der Waals surface area contributed by atoms with E-state index in [0.717, 1.165) is 29.7 Å². The first-order valence-corrected chi connectivity index (χ1v) is 8.90. The maximum Gasteiger partial charge on any atom is 0.341 e. The van der Waals surface area contributed by atoms with Crippen LogP contribution < -0.4 is 10.6 Å². The third-order valence-electron chi connectivity index (χ3n) is 3.93. The first kappa shape index (κ1) is 17.7. The number of hydrogen-bond acceptors (Lipinski definition) is 5. The molecule has 1 heterocycles. The Morgan fingerprint density at radius 3 is 2.88 bits per heavy atom. The summed E-state index contributed by atoms with van der Waals surface area (Å²) in [5, 5.41) is 6.21. The van der Waals surface area contributed by atoms with E-state index < -0.39 is 11.8 Å². The van der Waals surface area contributed by atoms with Gasteiger partial charge in [-0.2, -0.15) is 0 Å². The van der Waals surface area contributed by atoms with Crippen molar-refractivity contribution in [3.63, 3.8) is 0 Å². The normalized spacial score (nSPS) is 12.6. The Hall–Kier alpha value is -2.12. The maximum atomic E-state index is 13.7. The number of esters is 1. The first-order valence-electron chi connectivity index (χ1n) is 7.71. The number of amides is 1. The van der Waals surface area contributed by atoms with Crippen LogP contribution in [0.5, 0.6) is 0 Å². The predicted molar refractivity (Wildman–Crippen MR) is 96.2 cm³/mol. The third kappa shape index (κ3) is 3.77. The summed E-state index contributed by atoms with van der Waals surface area (Å²) in [4.78, 5) is 25.3. The molecule has 0 bridgehead atoms. The highest BCUT2D eigenvalue weighted by atomic mass is 35.5. The summed E-state index contributed by atoms with van der Waals surface area (Å²) in [6, 6.07) is 4.16. The monoisotopic (exact) mass is 382 g/mol. The Morgan fingerprint density at radius 1 is 1.36 bits per heavy atom. The summed E-state index contributed by atoms with van der Waals surface area (Å²) in [5.74, 6) is -1.36. The fourth-order valence-electron chi connectivity index (χ4n) is 2.79. The van der Waals surface area contributed by atoms with Gasteiger partial charge < -0.3 is 15.4 Å². The summed E-state index contributed by atoms with van der Waals surface area (Å²) < 4.78 is 18.6. The number of carbonyl (C=O) groups is 2. The highest BCUT2D eigenvalue weighted by molar-refractivity contribution is 7.17. The van der Waals surface area contributed by atoms with E-state index in [0.29, 0.717) is 10.6 Å². The largest absolute Gasteiger partial charge is 0.465 e. The van der Waals surface area contributed by atoms with Crippen molar-refractivity contribution in [3.8, 4) is 0 Å². The van der Waals surface area contributed by atoms with Crippen molar-refractivity contribution in [2.75, 3.05) is 24.3 Å². The zero-order valence-electron chi connectivity index (χ0n) is 13.4. The molecule has 25 heavy (non-hydrogen) atoms. The molecule has 0 aliphatic heterocycles. The number of benzene rings is 1. The molecule has 1 aliphatic carbocycles. The van der Waals surface area contributed by atoms with Crippen molar-refractivity contribution in [1.82, 2.24) is 0 Å². The van der Waals surface area contributed by atoms with Gasteiger partial charge in [0, 0.05) is 9.90 Å². The van der Waals surface area contributed by atoms with Crippen LogP contribution in [0.25, 0.3) is 0 Å². The van der Waals surface area contributed by atoms with Gasteiger partial charge in [-0.1, -0.05) is 11.6 Å². The van der Waals surface area contributed by atoms with Crippen molar-refractivity contribution >= 4 is 45.5 Å². The Kier molecular flexibility index (Phi) is 5.24. The van der Waals surface area contributed by atoms with Gasteiger partial charge in [0.15, 0.2) is 0 Å². The Bertz CT molecular complexity index is 838. The van der Waals surface area contributed by atoms with Crippen LogP contribution in [-0.4, -0.2) is 25.5 Å². The minimum atomic E-state index is -0.536. The molecule has 0 atom stereocenters. The SMILES string of the molecule is COC(=O)c1c(NC(=O)CNc2ccc(Cl)cc2F)sc2c1CCC2. The van der Waals surface area contributed by atoms with Crippen LogP contribution in [-0.2, 0) is 22.4 Å². The van der Waals surface area contributed by atoms with Gasteiger partial charge in [-0.3, -0.25) is 4.79 Å². The van der Waals surface area contributed by atoms with Gasteiger partial charge in [-0.25, -0.2) is 9.18 Å². The van der Waals surface area contributed by atoms with Crippen LogP contribution >= 0.6 is 22.9 Å². The molecule has 1 amide bonds. The van der Waals surface area contributed by atoms with Crippen molar-refractivity contribution in [3.05, 3.63) is 45.0 Å². The zero-order valence-corrected chi connectivity index (χ0v) is 15.0. The molecule has 8 heteroatoms. The molecule has 2 aromatic rings. The molecule has 132 valence electrons. The number of carbonyl (C=O) groups excluding carboxylic acids is 2. The molecule has 0 saturated heterocycles. The molecule has 1 aromatic carbocycles. The molecule has 3 rings (SSSR count). The second-order valence-electron chi connectivity index (χ2n) is 5.58. The second kappa shape index (κ2) is 7.41. The van der Waals surface area contributed by atoms with Gasteiger partial charge in [0.05, 0.1) is 24.9 Å². The zero-order chi connectivity index (χ0) is 18.0. The van der Waals surface area contributed by atoms with Crippen LogP contribution in [0.2, 0.25) is 5.02 Å². The number of anilines is 2. The molecule has 5 nitrogen and oxygen atoms in total. The molecule has 0 radical (unpaired) electrons. The summed E-state index contributed by atoms with van der Waals surface area (Å²) >= 11 is 7.09. The number of fused-ring (bicyclic) bond motifs is 1. The lowest BCUT2D eigenvalue weighted by molar-refractivity contribution is -0.114. The van der Waals surface area contributed by atoms with Gasteiger partial charge in [0.2, 0.25) is 5.91 Å². The summed E-state index contributed by atoms with van der Waals surface area (Å²) in [7, 11) is 1.32. The summed E-state index contributed by atoms with van der Waals surface area (Å²) in [6.07, 6.45) is 2.70. The number of nitrogens with one attached hydrogen (secondary N) is 2. The van der Waals surface area contributed by atoms with Crippen molar-refractivity contribution in [2.45, 2.75) is 19.3 Å². The molecule has 0 spiro atoms. The topological polar surface area (TPSA) is 67.4 Å². The van der Waals surface area contributed by atoms with Crippen LogP contribution in [0.3, 0.4) is 0 Å². The maximum absolute atomic E-state index is 13.7. The Balaban J connectivity index is 1.70. The predicted octanol–water partition coefficient (Wildman–Crippen LogP) is 3.87. The molecule has 0 unspecified atom stereocenters. The lowest BCUT2D eigenvalue weighted by Crippen LogP contribution is -2.23. The molecule has 0 saturated carbocycles. The van der Waals surface area contributed by atoms with Gasteiger partial charge in [-0.05, 0) is 43.0 Å². The smallest absolute Gasteiger partial charge is 0.341 e. The van der Waals surface area contributed by atoms with Crippen molar-refractivity contribution in [2.24, 2.45) is 0 Å². The number of methoxy groups -OCH3 is 1. The van der Waals surface area contributed by atoms with Crippen LogP contribution in [0.1, 0.15) is 27.2 Å². The standard InChI is InChI=1S/C17H16ClFN2O3S/c1-24-17(23)15-10-3-2-4-13(10)25-16(15)21-14(22)8-20-12-6-5-9(18)7-11(12)19/h5-7,20H,2-4,8H2,1H3,(H,21,22). The molecule has 0 fully saturated rings. The van der Waals surface area contributed by atoms with Gasteiger partial charge in [-0.15, -0.1) is 11.3 Å². The van der Waals surface area contributed by atoms with Crippen molar-refractivity contribution in [1.29, 1.82) is 0 Å². The van der Waals surface area contributed by atoms with Gasteiger partial charge in [0.25, 0.3) is 0 Å². The van der Waals surface area contributed by atoms with E-state index >= 15 is 0 Å². The fourth-order valence-corrected chi connectivity index (χ4v) is 4.24. The van der Waals surface area contributed by atoms with E-state index in [9.17, 15) is 14.0 Å². The molecular formula is C17H16ClFN2O3S. The highest BCUT2D eigenvalue weighted by Crippen LogP contribution is 2.39. The number of rotatable bonds is 5. The quantitative estimate of drug-likeness (QED) is 0.770. The van der Waals surface area contributed by atoms with Crippen LogP contribution in [0.15, 0.2) is 18.2 Å². The van der Waals surface area contributed by atoms with Crippen molar-refractivity contribution < 1.29 is 18.7 Å². The van der Waals surface area contributed by atoms with Crippen LogP contribution in [0, 0.1) is 5.82 Å². The number of halogens is 2. The molecule has 2 N–H and O–H groups in total. The average molecular weight is 383 g/mol. The molecule has 1 aromatic heterocycles. The molecule has 1 aliphatic rings. The highest BCUT2D eigenvalue weighted by Gasteiger charge is 2.27. The van der Waals surface area contributed by atoms with E-state index in [1.807, 2.05) is 0 Å². The van der Waals surface area contributed by atoms with E-state index in [4.69, 9.17) is 16.3 Å². The lowest BCUT2D eigenvalue weighted by Gasteiger charge is -2.09. The van der Waals surface area contributed by atoms with E-state index in [-0.39, 0.29) is 23.2 Å². The average Bonchev–Trinajstić information content (AvgIpc) is 3.14. The van der Waals surface area contributed by atoms with Crippen LogP contribution in [0.4, 0.5) is 15.1 Å². The first-order chi connectivity index (χ1) is 12.0. The fraction of sp³-hybridized carbons (Fsp3) is 0.294. The van der Waals surface area contributed by atoms with E-state index in [1.165, 1.54) is 36.6 Å². The summed E-state index contributed by atoms with van der Waals surface area (Å²) in [5.41, 5.74) is 1.58.